The van der Waals surface area contributed by atoms with E-state index >= 15 is 0 Å². The van der Waals surface area contributed by atoms with Gasteiger partial charge in [0.05, 0.1) is 18.8 Å². The molecule has 0 aliphatic carbocycles. The van der Waals surface area contributed by atoms with Crippen molar-refractivity contribution in [2.75, 3.05) is 13.1 Å². The van der Waals surface area contributed by atoms with Gasteiger partial charge in [-0.1, -0.05) is 42.5 Å². The van der Waals surface area contributed by atoms with Gasteiger partial charge in [0.2, 0.25) is 0 Å². The van der Waals surface area contributed by atoms with E-state index < -0.39 is 0 Å². The van der Waals surface area contributed by atoms with E-state index in [1.54, 1.807) is 0 Å². The van der Waals surface area contributed by atoms with Crippen molar-refractivity contribution in [3.8, 4) is 11.3 Å². The van der Waals surface area contributed by atoms with Gasteiger partial charge in [-0.15, -0.1) is 0 Å². The second kappa shape index (κ2) is 5.74. The predicted octanol–water partition coefficient (Wildman–Crippen LogP) is 2.44. The maximum atomic E-state index is 12.5. The SMILES string of the molecule is O=C(NCc1ncoc1-c1ccccc1)N1CC2C3C=CC(O3)C2C1. The zero-order valence-electron chi connectivity index (χ0n) is 13.7. The maximum absolute atomic E-state index is 12.5. The summed E-state index contributed by atoms with van der Waals surface area (Å²) in [5.41, 5.74) is 1.70. The van der Waals surface area contributed by atoms with Gasteiger partial charge < -0.3 is 19.4 Å². The van der Waals surface area contributed by atoms with Crippen LogP contribution in [0.2, 0.25) is 0 Å². The van der Waals surface area contributed by atoms with Crippen molar-refractivity contribution in [3.63, 3.8) is 0 Å². The van der Waals surface area contributed by atoms with Gasteiger partial charge in [0.15, 0.2) is 12.2 Å². The maximum Gasteiger partial charge on any atom is 0.317 e. The normalized spacial score (nSPS) is 29.2. The lowest BCUT2D eigenvalue weighted by atomic mass is 9.86. The summed E-state index contributed by atoms with van der Waals surface area (Å²) in [6.45, 7) is 1.87. The number of nitrogens with zero attached hydrogens (tertiary/aromatic N) is 2. The van der Waals surface area contributed by atoms with Crippen LogP contribution in [0.4, 0.5) is 4.79 Å². The van der Waals surface area contributed by atoms with Gasteiger partial charge in [-0.25, -0.2) is 9.78 Å². The summed E-state index contributed by atoms with van der Waals surface area (Å²) in [4.78, 5) is 18.7. The highest BCUT2D eigenvalue weighted by Gasteiger charge is 2.51. The minimum absolute atomic E-state index is 0.0455. The summed E-state index contributed by atoms with van der Waals surface area (Å²) >= 11 is 0. The summed E-state index contributed by atoms with van der Waals surface area (Å²) in [6.07, 6.45) is 6.06. The molecule has 0 saturated carbocycles. The molecule has 2 saturated heterocycles. The van der Waals surface area contributed by atoms with Crippen LogP contribution < -0.4 is 5.32 Å². The monoisotopic (exact) mass is 337 g/mol. The number of ether oxygens (including phenoxy) is 1. The minimum Gasteiger partial charge on any atom is -0.443 e. The molecule has 3 aliphatic rings. The molecule has 3 aliphatic heterocycles. The second-order valence-electron chi connectivity index (χ2n) is 6.84. The fourth-order valence-electron chi connectivity index (χ4n) is 4.18. The molecule has 2 amide bonds. The number of likely N-dealkylation sites (tertiary alicyclic amines) is 1. The van der Waals surface area contributed by atoms with Crippen molar-refractivity contribution in [2.24, 2.45) is 11.8 Å². The van der Waals surface area contributed by atoms with Gasteiger partial charge in [0.25, 0.3) is 0 Å². The van der Waals surface area contributed by atoms with Crippen LogP contribution in [0, 0.1) is 11.8 Å². The lowest BCUT2D eigenvalue weighted by Gasteiger charge is -2.19. The first kappa shape index (κ1) is 14.7. The summed E-state index contributed by atoms with van der Waals surface area (Å²) in [5, 5.41) is 2.98. The Labute approximate surface area is 145 Å². The molecule has 4 heterocycles. The molecule has 0 radical (unpaired) electrons. The predicted molar refractivity (Wildman–Crippen MR) is 90.5 cm³/mol. The van der Waals surface area contributed by atoms with E-state index in [-0.39, 0.29) is 18.2 Å². The fourth-order valence-corrected chi connectivity index (χ4v) is 4.18. The zero-order valence-corrected chi connectivity index (χ0v) is 13.7. The number of aromatic nitrogens is 1. The van der Waals surface area contributed by atoms with Crippen molar-refractivity contribution in [1.82, 2.24) is 15.2 Å². The van der Waals surface area contributed by atoms with Gasteiger partial charge in [0, 0.05) is 30.5 Å². The summed E-state index contributed by atoms with van der Waals surface area (Å²) in [5.74, 6) is 1.58. The molecule has 5 rings (SSSR count). The average molecular weight is 337 g/mol. The van der Waals surface area contributed by atoms with Gasteiger partial charge in [-0.3, -0.25) is 0 Å². The van der Waals surface area contributed by atoms with E-state index in [0.29, 0.717) is 24.1 Å². The molecule has 25 heavy (non-hydrogen) atoms. The number of oxazole rings is 1. The first-order valence-corrected chi connectivity index (χ1v) is 8.64. The first-order valence-electron chi connectivity index (χ1n) is 8.64. The largest absolute Gasteiger partial charge is 0.443 e. The van der Waals surface area contributed by atoms with Crippen LogP contribution in [0.3, 0.4) is 0 Å². The number of benzene rings is 1. The van der Waals surface area contributed by atoms with Gasteiger partial charge in [-0.2, -0.15) is 0 Å². The molecule has 1 aromatic carbocycles. The molecule has 1 aromatic heterocycles. The number of carbonyl (C=O) groups is 1. The Bertz CT molecular complexity index is 796. The molecule has 2 bridgehead atoms. The van der Waals surface area contributed by atoms with E-state index in [1.165, 1.54) is 6.39 Å². The zero-order chi connectivity index (χ0) is 16.8. The molecule has 2 aromatic rings. The van der Waals surface area contributed by atoms with Crippen LogP contribution in [0.25, 0.3) is 11.3 Å². The van der Waals surface area contributed by atoms with Gasteiger partial charge >= 0.3 is 6.03 Å². The summed E-state index contributed by atoms with van der Waals surface area (Å²) < 4.78 is 11.4. The Morgan fingerprint density at radius 3 is 2.60 bits per heavy atom. The van der Waals surface area contributed by atoms with Crippen molar-refractivity contribution >= 4 is 6.03 Å². The lowest BCUT2D eigenvalue weighted by Crippen LogP contribution is -2.39. The van der Waals surface area contributed by atoms with Crippen LogP contribution in [0.15, 0.2) is 53.3 Å². The van der Waals surface area contributed by atoms with Gasteiger partial charge in [0.1, 0.15) is 5.69 Å². The highest BCUT2D eigenvalue weighted by atomic mass is 16.5. The highest BCUT2D eigenvalue weighted by Crippen LogP contribution is 2.43. The Morgan fingerprint density at radius 1 is 1.16 bits per heavy atom. The third-order valence-corrected chi connectivity index (χ3v) is 5.43. The highest BCUT2D eigenvalue weighted by molar-refractivity contribution is 5.75. The molecule has 128 valence electrons. The Kier molecular flexibility index (Phi) is 3.38. The number of carbonyl (C=O) groups excluding carboxylic acids is 1. The van der Waals surface area contributed by atoms with Crippen LogP contribution in [0.5, 0.6) is 0 Å². The number of nitrogens with one attached hydrogen (secondary N) is 1. The van der Waals surface area contributed by atoms with Crippen LogP contribution in [0.1, 0.15) is 5.69 Å². The van der Waals surface area contributed by atoms with Gasteiger partial charge in [-0.05, 0) is 0 Å². The number of hydrogen-bond donors (Lipinski definition) is 1. The van der Waals surface area contributed by atoms with E-state index in [1.807, 2.05) is 35.2 Å². The lowest BCUT2D eigenvalue weighted by molar-refractivity contribution is 0.0882. The van der Waals surface area contributed by atoms with E-state index in [9.17, 15) is 4.79 Å². The fraction of sp³-hybridized carbons (Fsp3) is 0.368. The molecule has 2 fully saturated rings. The third kappa shape index (κ3) is 2.44. The molecule has 4 atom stereocenters. The van der Waals surface area contributed by atoms with Crippen molar-refractivity contribution < 1.29 is 13.9 Å². The number of amides is 2. The molecule has 1 N–H and O–H groups in total. The minimum atomic E-state index is -0.0455. The topological polar surface area (TPSA) is 67.6 Å². The van der Waals surface area contributed by atoms with Crippen LogP contribution in [-0.4, -0.2) is 41.2 Å². The van der Waals surface area contributed by atoms with Crippen molar-refractivity contribution in [2.45, 2.75) is 18.8 Å². The van der Waals surface area contributed by atoms with Crippen LogP contribution >= 0.6 is 0 Å². The van der Waals surface area contributed by atoms with E-state index in [2.05, 4.69) is 22.5 Å². The molecule has 4 unspecified atom stereocenters. The summed E-state index contributed by atoms with van der Waals surface area (Å²) in [6, 6.07) is 9.75. The summed E-state index contributed by atoms with van der Waals surface area (Å²) in [7, 11) is 0. The molecular formula is C19H19N3O3. The molecule has 6 nitrogen and oxygen atoms in total. The Hall–Kier alpha value is -2.60. The van der Waals surface area contributed by atoms with E-state index in [0.717, 1.165) is 24.3 Å². The second-order valence-corrected chi connectivity index (χ2v) is 6.84. The third-order valence-electron chi connectivity index (χ3n) is 5.43. The number of hydrogen-bond acceptors (Lipinski definition) is 4. The molecular weight excluding hydrogens is 318 g/mol. The van der Waals surface area contributed by atoms with E-state index in [4.69, 9.17) is 9.15 Å². The Morgan fingerprint density at radius 2 is 1.88 bits per heavy atom. The van der Waals surface area contributed by atoms with Crippen molar-refractivity contribution in [3.05, 3.63) is 54.6 Å². The van der Waals surface area contributed by atoms with Crippen molar-refractivity contribution in [1.29, 1.82) is 0 Å². The smallest absolute Gasteiger partial charge is 0.317 e. The number of fused-ring (bicyclic) bond motifs is 5. The first-order chi connectivity index (χ1) is 12.3. The molecule has 0 spiro atoms. The quantitative estimate of drug-likeness (QED) is 0.874. The Balaban J connectivity index is 1.23. The van der Waals surface area contributed by atoms with Crippen LogP contribution in [-0.2, 0) is 11.3 Å². The standard InChI is InChI=1S/C19H19N3O3/c23-19(22-9-13-14(10-22)17-7-6-16(13)25-17)20-8-15-18(24-11-21-15)12-4-2-1-3-5-12/h1-7,11,13-14,16-17H,8-10H2,(H,20,23). The number of rotatable bonds is 3. The number of urea groups is 1. The average Bonchev–Trinajstić information content (AvgIpc) is 3.42. The molecule has 6 heteroatoms.